The Labute approximate surface area is 126 Å². The molecule has 2 amide bonds. The SMILES string of the molecule is CC(C)C[C@H](N)C(=O)Nc1cccc(NC(=O)C(C)C)c1. The van der Waals surface area contributed by atoms with Gasteiger partial charge in [0, 0.05) is 17.3 Å². The van der Waals surface area contributed by atoms with Crippen molar-refractivity contribution in [3.05, 3.63) is 24.3 Å². The van der Waals surface area contributed by atoms with E-state index in [1.54, 1.807) is 24.3 Å². The van der Waals surface area contributed by atoms with Crippen LogP contribution in [0.25, 0.3) is 0 Å². The predicted octanol–water partition coefficient (Wildman–Crippen LogP) is 2.59. The molecule has 0 unspecified atom stereocenters. The lowest BCUT2D eigenvalue weighted by atomic mass is 10.0. The summed E-state index contributed by atoms with van der Waals surface area (Å²) in [5.41, 5.74) is 7.12. The highest BCUT2D eigenvalue weighted by Crippen LogP contribution is 2.16. The van der Waals surface area contributed by atoms with Crippen LogP contribution in [0.3, 0.4) is 0 Å². The predicted molar refractivity (Wildman–Crippen MR) is 86.0 cm³/mol. The second-order valence-corrected chi connectivity index (χ2v) is 5.95. The third-order valence-electron chi connectivity index (χ3n) is 2.98. The van der Waals surface area contributed by atoms with Crippen LogP contribution in [0.2, 0.25) is 0 Å². The summed E-state index contributed by atoms with van der Waals surface area (Å²) >= 11 is 0. The van der Waals surface area contributed by atoms with Gasteiger partial charge in [-0.1, -0.05) is 33.8 Å². The number of amides is 2. The quantitative estimate of drug-likeness (QED) is 0.753. The second-order valence-electron chi connectivity index (χ2n) is 5.95. The molecule has 1 aromatic carbocycles. The summed E-state index contributed by atoms with van der Waals surface area (Å²) in [6.45, 7) is 7.70. The van der Waals surface area contributed by atoms with E-state index in [1.165, 1.54) is 0 Å². The van der Waals surface area contributed by atoms with Gasteiger partial charge in [-0.05, 0) is 30.5 Å². The lowest BCUT2D eigenvalue weighted by Gasteiger charge is -2.15. The van der Waals surface area contributed by atoms with Crippen LogP contribution in [0.4, 0.5) is 11.4 Å². The van der Waals surface area contributed by atoms with E-state index in [4.69, 9.17) is 5.73 Å². The largest absolute Gasteiger partial charge is 0.326 e. The summed E-state index contributed by atoms with van der Waals surface area (Å²) in [4.78, 5) is 23.6. The zero-order valence-corrected chi connectivity index (χ0v) is 13.1. The minimum Gasteiger partial charge on any atom is -0.326 e. The van der Waals surface area contributed by atoms with Crippen LogP contribution in [-0.4, -0.2) is 17.9 Å². The van der Waals surface area contributed by atoms with E-state index in [0.717, 1.165) is 0 Å². The fraction of sp³-hybridized carbons (Fsp3) is 0.500. The summed E-state index contributed by atoms with van der Waals surface area (Å²) in [6.07, 6.45) is 0.635. The number of nitrogens with one attached hydrogen (secondary N) is 2. The van der Waals surface area contributed by atoms with E-state index in [1.807, 2.05) is 27.7 Å². The maximum Gasteiger partial charge on any atom is 0.241 e. The topological polar surface area (TPSA) is 84.2 Å². The molecule has 0 aromatic heterocycles. The van der Waals surface area contributed by atoms with Crippen LogP contribution in [-0.2, 0) is 9.59 Å². The van der Waals surface area contributed by atoms with E-state index in [-0.39, 0.29) is 17.7 Å². The fourth-order valence-electron chi connectivity index (χ4n) is 1.81. The van der Waals surface area contributed by atoms with Gasteiger partial charge >= 0.3 is 0 Å². The van der Waals surface area contributed by atoms with Crippen LogP contribution in [0, 0.1) is 11.8 Å². The third-order valence-corrected chi connectivity index (χ3v) is 2.98. The highest BCUT2D eigenvalue weighted by Gasteiger charge is 2.15. The summed E-state index contributed by atoms with van der Waals surface area (Å²) in [6, 6.07) is 6.52. The molecular formula is C16H25N3O2. The first-order valence-corrected chi connectivity index (χ1v) is 7.27. The molecule has 0 aliphatic heterocycles. The maximum atomic E-state index is 12.0. The number of benzene rings is 1. The fourth-order valence-corrected chi connectivity index (χ4v) is 1.81. The smallest absolute Gasteiger partial charge is 0.241 e. The van der Waals surface area contributed by atoms with Crippen molar-refractivity contribution in [1.82, 2.24) is 0 Å². The number of anilines is 2. The Bertz CT molecular complexity index is 498. The molecule has 1 rings (SSSR count). The molecule has 1 atom stereocenters. The van der Waals surface area contributed by atoms with Gasteiger partial charge in [0.15, 0.2) is 0 Å². The Kier molecular flexibility index (Phi) is 6.37. The maximum absolute atomic E-state index is 12.0. The third kappa shape index (κ3) is 5.95. The van der Waals surface area contributed by atoms with E-state index in [2.05, 4.69) is 10.6 Å². The molecule has 0 spiro atoms. The summed E-state index contributed by atoms with van der Waals surface area (Å²) in [7, 11) is 0. The van der Waals surface area contributed by atoms with Crippen LogP contribution in [0.15, 0.2) is 24.3 Å². The van der Waals surface area contributed by atoms with Gasteiger partial charge in [0.1, 0.15) is 0 Å². The average molecular weight is 291 g/mol. The molecule has 0 heterocycles. The summed E-state index contributed by atoms with van der Waals surface area (Å²) < 4.78 is 0. The van der Waals surface area contributed by atoms with E-state index in [0.29, 0.717) is 23.7 Å². The lowest BCUT2D eigenvalue weighted by molar-refractivity contribution is -0.119. The molecule has 0 bridgehead atoms. The molecule has 5 heteroatoms. The Morgan fingerprint density at radius 2 is 1.57 bits per heavy atom. The minimum atomic E-state index is -0.529. The number of carbonyl (C=O) groups excluding carboxylic acids is 2. The Morgan fingerprint density at radius 3 is 2.05 bits per heavy atom. The van der Waals surface area contributed by atoms with Gasteiger partial charge in [-0.2, -0.15) is 0 Å². The molecule has 0 radical (unpaired) electrons. The standard InChI is InChI=1S/C16H25N3O2/c1-10(2)8-14(17)16(21)19-13-7-5-6-12(9-13)18-15(20)11(3)4/h5-7,9-11,14H,8,17H2,1-4H3,(H,18,20)(H,19,21)/t14-/m0/s1. The van der Waals surface area contributed by atoms with Crippen molar-refractivity contribution in [2.45, 2.75) is 40.2 Å². The molecule has 0 saturated carbocycles. The van der Waals surface area contributed by atoms with Crippen LogP contribution in [0.5, 0.6) is 0 Å². The molecule has 0 saturated heterocycles. The first-order valence-electron chi connectivity index (χ1n) is 7.27. The molecule has 0 aliphatic carbocycles. The molecule has 4 N–H and O–H groups in total. The van der Waals surface area contributed by atoms with E-state index in [9.17, 15) is 9.59 Å². The van der Waals surface area contributed by atoms with Crippen molar-refractivity contribution in [2.75, 3.05) is 10.6 Å². The summed E-state index contributed by atoms with van der Waals surface area (Å²) in [5.74, 6) is -0.00357. The number of nitrogens with two attached hydrogens (primary N) is 1. The van der Waals surface area contributed by atoms with Crippen molar-refractivity contribution in [1.29, 1.82) is 0 Å². The van der Waals surface area contributed by atoms with Crippen molar-refractivity contribution in [2.24, 2.45) is 17.6 Å². The monoisotopic (exact) mass is 291 g/mol. The number of hydrogen-bond acceptors (Lipinski definition) is 3. The minimum absolute atomic E-state index is 0.0602. The highest BCUT2D eigenvalue weighted by atomic mass is 16.2. The molecule has 5 nitrogen and oxygen atoms in total. The van der Waals surface area contributed by atoms with Gasteiger partial charge in [0.05, 0.1) is 6.04 Å². The molecule has 0 fully saturated rings. The van der Waals surface area contributed by atoms with Gasteiger partial charge in [0.25, 0.3) is 0 Å². The zero-order valence-electron chi connectivity index (χ0n) is 13.1. The molecule has 21 heavy (non-hydrogen) atoms. The zero-order chi connectivity index (χ0) is 16.0. The van der Waals surface area contributed by atoms with Crippen molar-refractivity contribution in [3.8, 4) is 0 Å². The average Bonchev–Trinajstić information content (AvgIpc) is 2.38. The normalized spacial score (nSPS) is 12.3. The van der Waals surface area contributed by atoms with Crippen LogP contribution in [0.1, 0.15) is 34.1 Å². The van der Waals surface area contributed by atoms with Crippen molar-refractivity contribution >= 4 is 23.2 Å². The van der Waals surface area contributed by atoms with Gasteiger partial charge in [-0.15, -0.1) is 0 Å². The number of rotatable bonds is 6. The van der Waals surface area contributed by atoms with Gasteiger partial charge in [-0.3, -0.25) is 9.59 Å². The van der Waals surface area contributed by atoms with E-state index >= 15 is 0 Å². The second kappa shape index (κ2) is 7.78. The molecule has 116 valence electrons. The lowest BCUT2D eigenvalue weighted by Crippen LogP contribution is -2.36. The van der Waals surface area contributed by atoms with Gasteiger partial charge < -0.3 is 16.4 Å². The van der Waals surface area contributed by atoms with Crippen LogP contribution < -0.4 is 16.4 Å². The highest BCUT2D eigenvalue weighted by molar-refractivity contribution is 5.96. The van der Waals surface area contributed by atoms with Crippen LogP contribution >= 0.6 is 0 Å². The molecule has 0 aliphatic rings. The van der Waals surface area contributed by atoms with Gasteiger partial charge in [-0.25, -0.2) is 0 Å². The first-order chi connectivity index (χ1) is 9.79. The molecule has 1 aromatic rings. The van der Waals surface area contributed by atoms with E-state index < -0.39 is 6.04 Å². The van der Waals surface area contributed by atoms with Crippen molar-refractivity contribution in [3.63, 3.8) is 0 Å². The Hall–Kier alpha value is -1.88. The van der Waals surface area contributed by atoms with Crippen molar-refractivity contribution < 1.29 is 9.59 Å². The summed E-state index contributed by atoms with van der Waals surface area (Å²) in [5, 5.41) is 5.57. The van der Waals surface area contributed by atoms with Gasteiger partial charge in [0.2, 0.25) is 11.8 Å². The molecular weight excluding hydrogens is 266 g/mol. The number of carbonyl (C=O) groups is 2. The number of hydrogen-bond donors (Lipinski definition) is 3. The Balaban J connectivity index is 2.68. The first kappa shape index (κ1) is 17.2. The Morgan fingerprint density at radius 1 is 1.05 bits per heavy atom.